The molecule has 1 fully saturated rings. The quantitative estimate of drug-likeness (QED) is 0.254. The Hall–Kier alpha value is -2.46. The molecule has 0 spiro atoms. The van der Waals surface area contributed by atoms with Crippen LogP contribution in [-0.4, -0.2) is 51.6 Å². The first kappa shape index (κ1) is 25.2. The molecule has 0 bridgehead atoms. The molecule has 1 atom stereocenters. The van der Waals surface area contributed by atoms with Gasteiger partial charge in [-0.25, -0.2) is 15.0 Å². The average molecular weight is 560 g/mol. The van der Waals surface area contributed by atoms with Gasteiger partial charge in [-0.2, -0.15) is 0 Å². The highest BCUT2D eigenvalue weighted by molar-refractivity contribution is 14.0. The zero-order chi connectivity index (χ0) is 22.2. The van der Waals surface area contributed by atoms with Crippen LogP contribution in [0.2, 0.25) is 0 Å². The summed E-state index contributed by atoms with van der Waals surface area (Å²) in [4.78, 5) is 16.0. The van der Waals surface area contributed by atoms with Gasteiger partial charge >= 0.3 is 0 Å². The zero-order valence-electron chi connectivity index (χ0n) is 19.4. The summed E-state index contributed by atoms with van der Waals surface area (Å²) < 4.78 is 7.94. The third kappa shape index (κ3) is 7.01. The minimum Gasteiger partial charge on any atom is -0.376 e. The number of halogens is 1. The Morgan fingerprint density at radius 2 is 2.00 bits per heavy atom. The van der Waals surface area contributed by atoms with Crippen LogP contribution >= 0.6 is 24.0 Å². The van der Waals surface area contributed by atoms with E-state index in [0.717, 1.165) is 55.8 Å². The van der Waals surface area contributed by atoms with Crippen molar-refractivity contribution in [2.75, 3.05) is 26.2 Å². The van der Waals surface area contributed by atoms with Crippen molar-refractivity contribution in [1.82, 2.24) is 24.8 Å². The van der Waals surface area contributed by atoms with Gasteiger partial charge in [0.1, 0.15) is 11.6 Å². The Morgan fingerprint density at radius 3 is 2.70 bits per heavy atom. The van der Waals surface area contributed by atoms with Crippen LogP contribution < -0.4 is 5.32 Å². The highest BCUT2D eigenvalue weighted by Gasteiger charge is 2.25. The summed E-state index contributed by atoms with van der Waals surface area (Å²) in [6, 6.07) is 14.4. The van der Waals surface area contributed by atoms with Crippen molar-refractivity contribution in [2.24, 2.45) is 10.9 Å². The summed E-state index contributed by atoms with van der Waals surface area (Å²) in [5, 5.41) is 3.44. The second-order valence-corrected chi connectivity index (χ2v) is 8.14. The minimum atomic E-state index is 0. The lowest BCUT2D eigenvalue weighted by atomic mass is 10.1. The summed E-state index contributed by atoms with van der Waals surface area (Å²) in [7, 11) is 0. The number of guanidine groups is 1. The number of ether oxygens (including phenoxy) is 1. The van der Waals surface area contributed by atoms with E-state index in [1.54, 1.807) is 6.20 Å². The second-order valence-electron chi connectivity index (χ2n) is 8.14. The van der Waals surface area contributed by atoms with E-state index in [4.69, 9.17) is 9.73 Å². The fourth-order valence-corrected chi connectivity index (χ4v) is 3.94. The number of imidazole rings is 1. The molecule has 176 valence electrons. The van der Waals surface area contributed by atoms with Crippen molar-refractivity contribution >= 4 is 29.9 Å². The van der Waals surface area contributed by atoms with Gasteiger partial charge in [-0.05, 0) is 37.5 Å². The molecule has 0 saturated carbocycles. The smallest absolute Gasteiger partial charge is 0.194 e. The van der Waals surface area contributed by atoms with Crippen LogP contribution in [0.15, 0.2) is 66.0 Å². The van der Waals surface area contributed by atoms with Crippen LogP contribution in [0.4, 0.5) is 0 Å². The lowest BCUT2D eigenvalue weighted by Gasteiger charge is -2.21. The number of nitrogens with zero attached hydrogens (tertiary/aromatic N) is 5. The minimum absolute atomic E-state index is 0. The van der Waals surface area contributed by atoms with E-state index < -0.39 is 0 Å². The molecule has 7 nitrogen and oxygen atoms in total. The van der Waals surface area contributed by atoms with E-state index in [0.29, 0.717) is 19.1 Å². The maximum absolute atomic E-state index is 5.97. The summed E-state index contributed by atoms with van der Waals surface area (Å²) in [6.07, 6.45) is 6.73. The second kappa shape index (κ2) is 12.7. The van der Waals surface area contributed by atoms with Crippen LogP contribution in [0, 0.1) is 12.8 Å². The Morgan fingerprint density at radius 1 is 1.15 bits per heavy atom. The lowest BCUT2D eigenvalue weighted by molar-refractivity contribution is 0.0906. The van der Waals surface area contributed by atoms with Gasteiger partial charge in [0.25, 0.3) is 0 Å². The van der Waals surface area contributed by atoms with Gasteiger partial charge in [-0.15, -0.1) is 24.0 Å². The molecule has 1 aliphatic rings. The summed E-state index contributed by atoms with van der Waals surface area (Å²) in [6.45, 7) is 8.96. The number of benzene rings is 1. The molecule has 0 radical (unpaired) electrons. The van der Waals surface area contributed by atoms with Gasteiger partial charge in [-0.1, -0.05) is 36.4 Å². The topological polar surface area (TPSA) is 67.6 Å². The number of rotatable bonds is 8. The Bertz CT molecular complexity index is 1010. The number of hydrogen-bond donors (Lipinski definition) is 1. The van der Waals surface area contributed by atoms with Crippen molar-refractivity contribution in [3.8, 4) is 5.82 Å². The highest BCUT2D eigenvalue weighted by atomic mass is 127. The first-order valence-electron chi connectivity index (χ1n) is 11.3. The third-order valence-electron chi connectivity index (χ3n) is 5.68. The Balaban J connectivity index is 0.00000306. The average Bonchev–Trinajstić information content (AvgIpc) is 3.47. The molecule has 3 aromatic rings. The molecule has 4 rings (SSSR count). The van der Waals surface area contributed by atoms with Gasteiger partial charge in [0.05, 0.1) is 19.8 Å². The van der Waals surface area contributed by atoms with Crippen LogP contribution in [0.5, 0.6) is 0 Å². The van der Waals surface area contributed by atoms with E-state index in [-0.39, 0.29) is 24.0 Å². The molecule has 1 aromatic carbocycles. The highest BCUT2D eigenvalue weighted by Crippen LogP contribution is 2.18. The van der Waals surface area contributed by atoms with Gasteiger partial charge in [0.2, 0.25) is 0 Å². The predicted molar refractivity (Wildman–Crippen MR) is 142 cm³/mol. The van der Waals surface area contributed by atoms with Gasteiger partial charge in [0, 0.05) is 44.1 Å². The number of aromatic nitrogens is 3. The number of pyridine rings is 1. The molecular formula is C25H33IN6O. The molecule has 8 heteroatoms. The molecule has 1 N–H and O–H groups in total. The Kier molecular flexibility index (Phi) is 9.68. The Labute approximate surface area is 213 Å². The van der Waals surface area contributed by atoms with E-state index in [1.165, 1.54) is 5.56 Å². The molecule has 33 heavy (non-hydrogen) atoms. The van der Waals surface area contributed by atoms with E-state index in [2.05, 4.69) is 57.4 Å². The maximum Gasteiger partial charge on any atom is 0.194 e. The fourth-order valence-electron chi connectivity index (χ4n) is 3.94. The van der Waals surface area contributed by atoms with Crippen molar-refractivity contribution in [1.29, 1.82) is 0 Å². The third-order valence-corrected chi connectivity index (χ3v) is 5.68. The summed E-state index contributed by atoms with van der Waals surface area (Å²) in [5.41, 5.74) is 2.31. The monoisotopic (exact) mass is 560 g/mol. The molecule has 1 aliphatic heterocycles. The zero-order valence-corrected chi connectivity index (χ0v) is 21.7. The van der Waals surface area contributed by atoms with E-state index >= 15 is 0 Å². The van der Waals surface area contributed by atoms with E-state index in [9.17, 15) is 0 Å². The van der Waals surface area contributed by atoms with Crippen molar-refractivity contribution in [3.63, 3.8) is 0 Å². The van der Waals surface area contributed by atoms with Crippen LogP contribution in [0.25, 0.3) is 5.82 Å². The molecule has 0 aliphatic carbocycles. The van der Waals surface area contributed by atoms with Crippen LogP contribution in [-0.2, 0) is 17.9 Å². The molecule has 2 aromatic heterocycles. The van der Waals surface area contributed by atoms with Crippen LogP contribution in [0.1, 0.15) is 30.3 Å². The largest absolute Gasteiger partial charge is 0.376 e. The molecular weight excluding hydrogens is 527 g/mol. The molecule has 3 heterocycles. The van der Waals surface area contributed by atoms with Crippen molar-refractivity contribution in [2.45, 2.75) is 33.4 Å². The van der Waals surface area contributed by atoms with Crippen LogP contribution in [0.3, 0.4) is 0 Å². The summed E-state index contributed by atoms with van der Waals surface area (Å²) >= 11 is 0. The first-order chi connectivity index (χ1) is 15.7. The normalized spacial score (nSPS) is 16.0. The summed E-state index contributed by atoms with van der Waals surface area (Å²) in [5.74, 6) is 3.29. The molecule has 1 saturated heterocycles. The lowest BCUT2D eigenvalue weighted by Crippen LogP contribution is -2.40. The molecule has 0 amide bonds. The van der Waals surface area contributed by atoms with E-state index in [1.807, 2.05) is 36.0 Å². The number of hydrogen-bond acceptors (Lipinski definition) is 4. The van der Waals surface area contributed by atoms with Gasteiger partial charge < -0.3 is 15.0 Å². The van der Waals surface area contributed by atoms with Gasteiger partial charge in [0.15, 0.2) is 5.96 Å². The van der Waals surface area contributed by atoms with Crippen molar-refractivity contribution < 1.29 is 4.74 Å². The number of nitrogens with one attached hydrogen (secondary N) is 1. The maximum atomic E-state index is 5.97. The number of likely N-dealkylation sites (tertiary alicyclic amines) is 1. The standard InChI is InChI=1S/C25H32N6O.HI/c1-3-26-25(29-16-22-9-10-24(28-15-22)31-14-12-27-20(31)2)30-13-11-23(17-30)19-32-18-21-7-5-4-6-8-21;/h4-10,12,14-15,23H,3,11,13,16-19H2,1-2H3,(H,26,29);1H. The predicted octanol–water partition coefficient (Wildman–Crippen LogP) is 4.20. The number of aryl methyl sites for hydroxylation is 1. The fraction of sp³-hybridized carbons (Fsp3) is 0.400. The van der Waals surface area contributed by atoms with Gasteiger partial charge in [-0.3, -0.25) is 4.57 Å². The molecule has 1 unspecified atom stereocenters. The first-order valence-corrected chi connectivity index (χ1v) is 11.3. The SMILES string of the molecule is CCNC(=NCc1ccc(-n2ccnc2C)nc1)N1CCC(COCc2ccccc2)C1.I. The number of aliphatic imine (C=N–C) groups is 1. The van der Waals surface area contributed by atoms with Crippen molar-refractivity contribution in [3.05, 3.63) is 78.0 Å².